The average molecular weight is 541 g/mol. The van der Waals surface area contributed by atoms with Gasteiger partial charge < -0.3 is 14.2 Å². The number of phenolic OH excluding ortho intramolecular Hbond substituents is 1. The molecule has 0 spiro atoms. The van der Waals surface area contributed by atoms with E-state index in [1.165, 1.54) is 12.1 Å². The van der Waals surface area contributed by atoms with Gasteiger partial charge in [-0.2, -0.15) is 0 Å². The lowest BCUT2D eigenvalue weighted by Crippen LogP contribution is -2.29. The second-order valence-electron chi connectivity index (χ2n) is 12.1. The quantitative estimate of drug-likeness (QED) is 0.161. The molecule has 0 aliphatic carbocycles. The van der Waals surface area contributed by atoms with Crippen molar-refractivity contribution < 1.29 is 14.8 Å². The zero-order chi connectivity index (χ0) is 29.2. The van der Waals surface area contributed by atoms with Gasteiger partial charge in [0.2, 0.25) is 5.62 Å². The highest BCUT2D eigenvalue weighted by Gasteiger charge is 2.28. The van der Waals surface area contributed by atoms with E-state index in [4.69, 9.17) is 4.99 Å². The van der Waals surface area contributed by atoms with Crippen LogP contribution in [0.3, 0.4) is 0 Å². The Morgan fingerprint density at radius 3 is 1.95 bits per heavy atom. The first-order valence-electron chi connectivity index (χ1n) is 13.2. The molecule has 0 saturated heterocycles. The Hall–Kier alpha value is -4.46. The van der Waals surface area contributed by atoms with Gasteiger partial charge in [-0.05, 0) is 40.7 Å². The summed E-state index contributed by atoms with van der Waals surface area (Å²) in [6, 6.07) is 19.5. The van der Waals surface area contributed by atoms with Gasteiger partial charge in [0.1, 0.15) is 5.75 Å². The van der Waals surface area contributed by atoms with Gasteiger partial charge in [-0.1, -0.05) is 71.9 Å². The smallest absolute Gasteiger partial charge is 0.269 e. The molecular formula is C32H36N4O4. The highest BCUT2D eigenvalue weighted by molar-refractivity contribution is 5.96. The predicted molar refractivity (Wildman–Crippen MR) is 156 cm³/mol. The topological polar surface area (TPSA) is 103 Å². The maximum Gasteiger partial charge on any atom is 0.269 e. The number of benzene rings is 3. The van der Waals surface area contributed by atoms with Crippen molar-refractivity contribution in [1.82, 2.24) is 9.13 Å². The van der Waals surface area contributed by atoms with E-state index in [9.17, 15) is 20.0 Å². The molecular weight excluding hydrogens is 504 g/mol. The summed E-state index contributed by atoms with van der Waals surface area (Å²) < 4.78 is 3.73. The molecule has 0 fully saturated rings. The Morgan fingerprint density at radius 1 is 0.875 bits per heavy atom. The van der Waals surface area contributed by atoms with Gasteiger partial charge in [0.05, 0.1) is 23.7 Å². The largest absolute Gasteiger partial charge is 0.507 e. The molecule has 0 aliphatic heterocycles. The van der Waals surface area contributed by atoms with Crippen LogP contribution in [0.4, 0.5) is 11.4 Å². The van der Waals surface area contributed by atoms with Crippen LogP contribution in [0.1, 0.15) is 68.6 Å². The molecule has 0 atom stereocenters. The van der Waals surface area contributed by atoms with E-state index >= 15 is 0 Å². The first-order valence-corrected chi connectivity index (χ1v) is 13.2. The lowest BCUT2D eigenvalue weighted by atomic mass is 9.78. The van der Waals surface area contributed by atoms with Gasteiger partial charge in [-0.25, -0.2) is 4.99 Å². The number of non-ortho nitro benzene ring substituents is 1. The van der Waals surface area contributed by atoms with Crippen molar-refractivity contribution in [2.75, 3.05) is 0 Å². The van der Waals surface area contributed by atoms with Crippen molar-refractivity contribution in [3.05, 3.63) is 117 Å². The van der Waals surface area contributed by atoms with Gasteiger partial charge in [-0.3, -0.25) is 14.9 Å². The van der Waals surface area contributed by atoms with Crippen LogP contribution in [0.2, 0.25) is 0 Å². The molecule has 4 rings (SSSR count). The van der Waals surface area contributed by atoms with Crippen LogP contribution in [0.25, 0.3) is 0 Å². The second-order valence-corrected chi connectivity index (χ2v) is 12.1. The van der Waals surface area contributed by atoms with Crippen molar-refractivity contribution >= 4 is 17.2 Å². The van der Waals surface area contributed by atoms with Crippen LogP contribution >= 0.6 is 0 Å². The Balaban J connectivity index is 1.79. The van der Waals surface area contributed by atoms with Crippen molar-refractivity contribution in [3.8, 4) is 5.75 Å². The monoisotopic (exact) mass is 540 g/mol. The van der Waals surface area contributed by atoms with Crippen LogP contribution in [-0.4, -0.2) is 24.9 Å². The minimum atomic E-state index is -0.448. The Labute approximate surface area is 234 Å². The summed E-state index contributed by atoms with van der Waals surface area (Å²) in [7, 11) is 0. The molecule has 3 aromatic carbocycles. The standard InChI is InChI=1S/C32H36N4O4/c1-31(2,3)26-18-23(19-27(29(26)38)32(4,5)6)28(37)21-35-17-16-34(20-22-10-8-7-9-11-22)30(35)33-24-12-14-25(15-13-24)36(39)40/h7-19,38H,20-21H2,1-6H3. The van der Waals surface area contributed by atoms with Gasteiger partial charge >= 0.3 is 0 Å². The number of aromatic nitrogens is 2. The summed E-state index contributed by atoms with van der Waals surface area (Å²) in [6.45, 7) is 12.7. The van der Waals surface area contributed by atoms with Gasteiger partial charge in [0, 0.05) is 41.2 Å². The van der Waals surface area contributed by atoms with E-state index in [1.54, 1.807) is 28.8 Å². The number of hydrogen-bond donors (Lipinski definition) is 1. The normalized spacial score (nSPS) is 12.5. The maximum atomic E-state index is 13.7. The molecule has 8 nitrogen and oxygen atoms in total. The number of nitro benzene ring substituents is 1. The number of nitrogens with zero attached hydrogens (tertiary/aromatic N) is 4. The number of ketones is 1. The Bertz CT molecular complexity index is 1560. The van der Waals surface area contributed by atoms with Gasteiger partial charge in [0.25, 0.3) is 5.69 Å². The first-order chi connectivity index (χ1) is 18.7. The van der Waals surface area contributed by atoms with Crippen LogP contribution in [0.5, 0.6) is 5.75 Å². The molecule has 40 heavy (non-hydrogen) atoms. The first kappa shape index (κ1) is 28.5. The second kappa shape index (κ2) is 11.0. The van der Waals surface area contributed by atoms with E-state index in [0.29, 0.717) is 23.4 Å². The third kappa shape index (κ3) is 6.39. The van der Waals surface area contributed by atoms with Crippen LogP contribution < -0.4 is 5.62 Å². The third-order valence-electron chi connectivity index (χ3n) is 6.79. The summed E-state index contributed by atoms with van der Waals surface area (Å²) in [5.74, 6) is 0.116. The lowest BCUT2D eigenvalue weighted by Gasteiger charge is -2.28. The molecule has 1 N–H and O–H groups in total. The van der Waals surface area contributed by atoms with Crippen molar-refractivity contribution in [1.29, 1.82) is 0 Å². The van der Waals surface area contributed by atoms with E-state index in [2.05, 4.69) is 0 Å². The molecule has 0 saturated carbocycles. The van der Waals surface area contributed by atoms with Crippen LogP contribution in [0, 0.1) is 10.1 Å². The SMILES string of the molecule is CC(C)(C)c1cc(C(=O)Cn2ccn(Cc3ccccc3)c2=Nc2ccc([N+](=O)[O-])cc2)cc(C(C)(C)C)c1O. The molecule has 0 amide bonds. The summed E-state index contributed by atoms with van der Waals surface area (Å²) in [5.41, 5.74) is 3.39. The summed E-state index contributed by atoms with van der Waals surface area (Å²) in [6.07, 6.45) is 3.70. The Kier molecular flexibility index (Phi) is 7.82. The van der Waals surface area contributed by atoms with Crippen LogP contribution in [0.15, 0.2) is 84.1 Å². The van der Waals surface area contributed by atoms with Gasteiger partial charge in [0.15, 0.2) is 5.78 Å². The fraction of sp³-hybridized carbons (Fsp3) is 0.312. The number of nitro groups is 1. The zero-order valence-corrected chi connectivity index (χ0v) is 23.9. The fourth-order valence-electron chi connectivity index (χ4n) is 4.56. The van der Waals surface area contributed by atoms with E-state index < -0.39 is 4.92 Å². The number of phenols is 1. The predicted octanol–water partition coefficient (Wildman–Crippen LogP) is 6.66. The minimum absolute atomic E-state index is 0.0155. The highest BCUT2D eigenvalue weighted by atomic mass is 16.6. The third-order valence-corrected chi connectivity index (χ3v) is 6.79. The minimum Gasteiger partial charge on any atom is -0.507 e. The number of carbonyl (C=O) groups is 1. The molecule has 1 aromatic heterocycles. The summed E-state index contributed by atoms with van der Waals surface area (Å²) in [5, 5.41) is 22.2. The number of aromatic hydroxyl groups is 1. The number of Topliss-reactive ketones (excluding diaryl/α,β-unsaturated/α-hetero) is 1. The maximum absolute atomic E-state index is 13.7. The molecule has 208 valence electrons. The van der Waals surface area contributed by atoms with E-state index in [0.717, 1.165) is 16.7 Å². The van der Waals surface area contributed by atoms with E-state index in [1.807, 2.05) is 88.8 Å². The number of imidazole rings is 1. The number of carbonyl (C=O) groups excluding carboxylic acids is 1. The number of rotatable bonds is 7. The summed E-state index contributed by atoms with van der Waals surface area (Å²) in [4.78, 5) is 29.2. The highest BCUT2D eigenvalue weighted by Crippen LogP contribution is 2.40. The fourth-order valence-corrected chi connectivity index (χ4v) is 4.56. The zero-order valence-electron chi connectivity index (χ0n) is 23.9. The van der Waals surface area contributed by atoms with Gasteiger partial charge in [-0.15, -0.1) is 0 Å². The van der Waals surface area contributed by atoms with E-state index in [-0.39, 0.29) is 34.6 Å². The molecule has 0 bridgehead atoms. The van der Waals surface area contributed by atoms with Crippen molar-refractivity contribution in [2.24, 2.45) is 4.99 Å². The molecule has 0 radical (unpaired) electrons. The van der Waals surface area contributed by atoms with Crippen molar-refractivity contribution in [3.63, 3.8) is 0 Å². The molecule has 0 unspecified atom stereocenters. The van der Waals surface area contributed by atoms with Crippen molar-refractivity contribution in [2.45, 2.75) is 65.5 Å². The molecule has 8 heteroatoms. The molecule has 4 aromatic rings. The molecule has 1 heterocycles. The molecule has 0 aliphatic rings. The lowest BCUT2D eigenvalue weighted by molar-refractivity contribution is -0.384. The van der Waals surface area contributed by atoms with Crippen LogP contribution in [-0.2, 0) is 23.9 Å². The average Bonchev–Trinajstić information content (AvgIpc) is 3.23. The Morgan fingerprint density at radius 2 is 1.43 bits per heavy atom. The number of hydrogen-bond acceptors (Lipinski definition) is 5. The summed E-state index contributed by atoms with van der Waals surface area (Å²) >= 11 is 0.